The predicted molar refractivity (Wildman–Crippen MR) is 81.1 cm³/mol. The number of hydrogen-bond acceptors (Lipinski definition) is 2. The van der Waals surface area contributed by atoms with Gasteiger partial charge in [0.05, 0.1) is 5.60 Å². The first-order valence-electron chi connectivity index (χ1n) is 7.51. The van der Waals surface area contributed by atoms with Crippen LogP contribution in [0.3, 0.4) is 0 Å². The normalized spacial score (nSPS) is 18.4. The summed E-state index contributed by atoms with van der Waals surface area (Å²) in [7, 11) is 0. The fourth-order valence-corrected chi connectivity index (χ4v) is 2.62. The van der Waals surface area contributed by atoms with Gasteiger partial charge in [0.1, 0.15) is 5.82 Å². The maximum atomic E-state index is 12.8. The summed E-state index contributed by atoms with van der Waals surface area (Å²) in [5.74, 6) is -0.538. The maximum Gasteiger partial charge on any atom is 0.244 e. The Morgan fingerprint density at radius 3 is 2.43 bits per heavy atom. The zero-order valence-corrected chi connectivity index (χ0v) is 12.1. The second kappa shape index (κ2) is 7.36. The van der Waals surface area contributed by atoms with Gasteiger partial charge in [-0.15, -0.1) is 0 Å². The van der Waals surface area contributed by atoms with Crippen molar-refractivity contribution in [3.8, 4) is 0 Å². The van der Waals surface area contributed by atoms with Crippen molar-refractivity contribution >= 4 is 12.0 Å². The van der Waals surface area contributed by atoms with Crippen molar-refractivity contribution in [2.75, 3.05) is 6.54 Å². The van der Waals surface area contributed by atoms with Gasteiger partial charge in [-0.2, -0.15) is 0 Å². The minimum Gasteiger partial charge on any atom is -0.388 e. The summed E-state index contributed by atoms with van der Waals surface area (Å²) in [5.41, 5.74) is -0.00434. The van der Waals surface area contributed by atoms with Crippen molar-refractivity contribution in [1.29, 1.82) is 0 Å². The van der Waals surface area contributed by atoms with E-state index in [0.717, 1.165) is 44.1 Å². The van der Waals surface area contributed by atoms with Gasteiger partial charge in [-0.1, -0.05) is 37.8 Å². The van der Waals surface area contributed by atoms with E-state index in [1.165, 1.54) is 18.2 Å². The highest BCUT2D eigenvalue weighted by molar-refractivity contribution is 5.91. The second-order valence-electron chi connectivity index (χ2n) is 5.74. The summed E-state index contributed by atoms with van der Waals surface area (Å²) >= 11 is 0. The summed E-state index contributed by atoms with van der Waals surface area (Å²) in [4.78, 5) is 11.8. The van der Waals surface area contributed by atoms with Crippen LogP contribution in [0.1, 0.15) is 44.1 Å². The topological polar surface area (TPSA) is 49.3 Å². The van der Waals surface area contributed by atoms with E-state index in [9.17, 15) is 14.3 Å². The number of carbonyl (C=O) groups is 1. The van der Waals surface area contributed by atoms with Gasteiger partial charge >= 0.3 is 0 Å². The fourth-order valence-electron chi connectivity index (χ4n) is 2.62. The molecule has 0 heterocycles. The molecular weight excluding hydrogens is 269 g/mol. The molecule has 0 aliphatic heterocycles. The number of hydrogen-bond donors (Lipinski definition) is 2. The molecule has 1 aromatic rings. The summed E-state index contributed by atoms with van der Waals surface area (Å²) in [5, 5.41) is 13.2. The van der Waals surface area contributed by atoms with Gasteiger partial charge < -0.3 is 10.4 Å². The molecule has 1 saturated carbocycles. The molecule has 114 valence electrons. The molecular formula is C17H22FNO2. The van der Waals surface area contributed by atoms with Crippen LogP contribution in [0.25, 0.3) is 6.08 Å². The molecule has 0 radical (unpaired) electrons. The van der Waals surface area contributed by atoms with E-state index in [1.54, 1.807) is 18.2 Å². The van der Waals surface area contributed by atoms with Crippen LogP contribution < -0.4 is 5.32 Å². The van der Waals surface area contributed by atoms with Gasteiger partial charge in [0.25, 0.3) is 0 Å². The molecule has 4 heteroatoms. The predicted octanol–water partition coefficient (Wildman–Crippen LogP) is 3.04. The van der Waals surface area contributed by atoms with Gasteiger partial charge in [-0.25, -0.2) is 4.39 Å². The van der Waals surface area contributed by atoms with Crippen LogP contribution in [-0.4, -0.2) is 23.2 Å². The molecule has 0 spiro atoms. The van der Waals surface area contributed by atoms with Crippen molar-refractivity contribution in [3.05, 3.63) is 41.7 Å². The van der Waals surface area contributed by atoms with E-state index in [2.05, 4.69) is 5.32 Å². The largest absolute Gasteiger partial charge is 0.388 e. The average Bonchev–Trinajstić information content (AvgIpc) is 2.70. The Morgan fingerprint density at radius 1 is 1.19 bits per heavy atom. The second-order valence-corrected chi connectivity index (χ2v) is 5.74. The molecule has 1 aromatic carbocycles. The number of carbonyl (C=O) groups excluding carboxylic acids is 1. The molecule has 0 unspecified atom stereocenters. The number of rotatable bonds is 4. The van der Waals surface area contributed by atoms with Gasteiger partial charge in [-0.05, 0) is 36.6 Å². The Hall–Kier alpha value is -1.68. The smallest absolute Gasteiger partial charge is 0.244 e. The van der Waals surface area contributed by atoms with Crippen molar-refractivity contribution in [3.63, 3.8) is 0 Å². The summed E-state index contributed by atoms with van der Waals surface area (Å²) in [6.45, 7) is 0.291. The monoisotopic (exact) mass is 291 g/mol. The molecule has 21 heavy (non-hydrogen) atoms. The van der Waals surface area contributed by atoms with Crippen LogP contribution in [0, 0.1) is 5.82 Å². The van der Waals surface area contributed by atoms with Gasteiger partial charge in [0, 0.05) is 12.6 Å². The van der Waals surface area contributed by atoms with Crippen molar-refractivity contribution in [2.24, 2.45) is 0 Å². The van der Waals surface area contributed by atoms with Crippen LogP contribution in [0.5, 0.6) is 0 Å². The lowest BCUT2D eigenvalue weighted by Gasteiger charge is -2.26. The SMILES string of the molecule is O=C(C=Cc1ccc(F)cc1)NCC1(O)CCCCCC1. The highest BCUT2D eigenvalue weighted by Gasteiger charge is 2.27. The Morgan fingerprint density at radius 2 is 1.81 bits per heavy atom. The van der Waals surface area contributed by atoms with Crippen LogP contribution in [0.2, 0.25) is 0 Å². The highest BCUT2D eigenvalue weighted by atomic mass is 19.1. The molecule has 2 rings (SSSR count). The van der Waals surface area contributed by atoms with Crippen molar-refractivity contribution in [1.82, 2.24) is 5.32 Å². The molecule has 1 fully saturated rings. The summed E-state index contributed by atoms with van der Waals surface area (Å²) in [6, 6.07) is 5.92. The maximum absolute atomic E-state index is 12.8. The molecule has 3 nitrogen and oxygen atoms in total. The van der Waals surface area contributed by atoms with E-state index in [4.69, 9.17) is 0 Å². The zero-order valence-electron chi connectivity index (χ0n) is 12.1. The highest BCUT2D eigenvalue weighted by Crippen LogP contribution is 2.26. The number of aliphatic hydroxyl groups is 1. The Kier molecular flexibility index (Phi) is 5.51. The third-order valence-corrected chi connectivity index (χ3v) is 3.92. The lowest BCUT2D eigenvalue weighted by Crippen LogP contribution is -2.42. The van der Waals surface area contributed by atoms with Gasteiger partial charge in [0.2, 0.25) is 5.91 Å². The van der Waals surface area contributed by atoms with Crippen molar-refractivity contribution in [2.45, 2.75) is 44.1 Å². The standard InChI is InChI=1S/C17H22FNO2/c18-15-8-5-14(6-9-15)7-10-16(20)19-13-17(21)11-3-1-2-4-12-17/h5-10,21H,1-4,11-13H2,(H,19,20). The molecule has 0 aromatic heterocycles. The van der Waals surface area contributed by atoms with E-state index in [1.807, 2.05) is 0 Å². The van der Waals surface area contributed by atoms with Crippen LogP contribution >= 0.6 is 0 Å². The van der Waals surface area contributed by atoms with E-state index in [-0.39, 0.29) is 11.7 Å². The number of benzene rings is 1. The summed E-state index contributed by atoms with van der Waals surface area (Å²) in [6.07, 6.45) is 8.86. The molecule has 0 saturated heterocycles. The van der Waals surface area contributed by atoms with Crippen LogP contribution in [0.15, 0.2) is 30.3 Å². The first-order chi connectivity index (χ1) is 10.1. The molecule has 2 N–H and O–H groups in total. The average molecular weight is 291 g/mol. The third-order valence-electron chi connectivity index (χ3n) is 3.92. The first-order valence-corrected chi connectivity index (χ1v) is 7.51. The number of halogens is 1. The minimum absolute atomic E-state index is 0.239. The molecule has 0 bridgehead atoms. The Balaban J connectivity index is 1.82. The van der Waals surface area contributed by atoms with E-state index >= 15 is 0 Å². The molecule has 1 aliphatic carbocycles. The quantitative estimate of drug-likeness (QED) is 0.661. The third kappa shape index (κ3) is 5.31. The Bertz CT molecular complexity index is 488. The number of nitrogens with one attached hydrogen (secondary N) is 1. The first kappa shape index (κ1) is 15.7. The van der Waals surface area contributed by atoms with Gasteiger partial charge in [0.15, 0.2) is 0 Å². The Labute approximate surface area is 124 Å². The zero-order chi connectivity index (χ0) is 15.1. The molecule has 1 aliphatic rings. The van der Waals surface area contributed by atoms with E-state index in [0.29, 0.717) is 6.54 Å². The van der Waals surface area contributed by atoms with Crippen molar-refractivity contribution < 1.29 is 14.3 Å². The molecule has 1 amide bonds. The lowest BCUT2D eigenvalue weighted by atomic mass is 9.94. The van der Waals surface area contributed by atoms with Gasteiger partial charge in [-0.3, -0.25) is 4.79 Å². The van der Waals surface area contributed by atoms with Crippen LogP contribution in [0.4, 0.5) is 4.39 Å². The minimum atomic E-state index is -0.768. The van der Waals surface area contributed by atoms with E-state index < -0.39 is 5.60 Å². The summed E-state index contributed by atoms with van der Waals surface area (Å²) < 4.78 is 12.8. The lowest BCUT2D eigenvalue weighted by molar-refractivity contribution is -0.117. The fraction of sp³-hybridized carbons (Fsp3) is 0.471. The van der Waals surface area contributed by atoms with Crippen LogP contribution in [-0.2, 0) is 4.79 Å². The molecule has 0 atom stereocenters. The number of amides is 1.